The second-order valence-corrected chi connectivity index (χ2v) is 7.39. The van der Waals surface area contributed by atoms with Crippen LogP contribution in [0.2, 0.25) is 5.02 Å². The number of nitrogens with one attached hydrogen (secondary N) is 1. The zero-order valence-corrected chi connectivity index (χ0v) is 14.8. The predicted octanol–water partition coefficient (Wildman–Crippen LogP) is 3.87. The van der Waals surface area contributed by atoms with Gasteiger partial charge in [0, 0.05) is 37.3 Å². The number of piperazine rings is 1. The molecule has 5 heteroatoms. The lowest BCUT2D eigenvalue weighted by Crippen LogP contribution is -2.43. The lowest BCUT2D eigenvalue weighted by molar-refractivity contribution is 0.218. The fourth-order valence-electron chi connectivity index (χ4n) is 4.00. The fourth-order valence-corrected chi connectivity index (χ4v) is 4.28. The molecule has 25 heavy (non-hydrogen) atoms. The lowest BCUT2D eigenvalue weighted by atomic mass is 9.98. The molecule has 0 saturated carbocycles. The first-order valence-corrected chi connectivity index (χ1v) is 8.89. The van der Waals surface area contributed by atoms with E-state index in [0.717, 1.165) is 36.3 Å². The average molecular weight is 356 g/mol. The van der Waals surface area contributed by atoms with E-state index in [9.17, 15) is 4.39 Å². The number of fused-ring (bicyclic) bond motifs is 2. The van der Waals surface area contributed by atoms with Gasteiger partial charge in [-0.1, -0.05) is 29.3 Å². The highest BCUT2D eigenvalue weighted by Gasteiger charge is 2.37. The van der Waals surface area contributed by atoms with Gasteiger partial charge in [0.05, 0.1) is 10.6 Å². The number of likely N-dealkylation sites (tertiary alicyclic amines) is 1. The van der Waals surface area contributed by atoms with Gasteiger partial charge in [0.25, 0.3) is 0 Å². The maximum absolute atomic E-state index is 14.0. The summed E-state index contributed by atoms with van der Waals surface area (Å²) in [5, 5.41) is 13.1. The Balaban J connectivity index is 1.68. The van der Waals surface area contributed by atoms with Crippen LogP contribution in [0.3, 0.4) is 0 Å². The Morgan fingerprint density at radius 3 is 2.84 bits per heavy atom. The van der Waals surface area contributed by atoms with E-state index in [1.165, 1.54) is 18.6 Å². The minimum Gasteiger partial charge on any atom is -0.311 e. The Bertz CT molecular complexity index is 874. The number of hydrogen-bond acceptors (Lipinski definition) is 3. The van der Waals surface area contributed by atoms with Crippen molar-refractivity contribution < 1.29 is 4.39 Å². The molecule has 2 aliphatic heterocycles. The van der Waals surface area contributed by atoms with Crippen molar-refractivity contribution >= 4 is 11.6 Å². The molecule has 2 fully saturated rings. The van der Waals surface area contributed by atoms with Crippen LogP contribution in [0.15, 0.2) is 30.3 Å². The van der Waals surface area contributed by atoms with Crippen LogP contribution >= 0.6 is 11.6 Å². The SMILES string of the molecule is Cc1cc(CN2C[C@@H]3C[C@H]2CN3)c(Cl)c(-c2ccc(C#N)c(F)c2)c1. The third-order valence-electron chi connectivity index (χ3n) is 5.24. The first-order chi connectivity index (χ1) is 12.0. The van der Waals surface area contributed by atoms with E-state index in [4.69, 9.17) is 16.9 Å². The highest BCUT2D eigenvalue weighted by Crippen LogP contribution is 2.35. The normalized spacial score (nSPS) is 22.3. The molecule has 0 spiro atoms. The van der Waals surface area contributed by atoms with Gasteiger partial charge in [0.15, 0.2) is 0 Å². The van der Waals surface area contributed by atoms with Gasteiger partial charge >= 0.3 is 0 Å². The minimum atomic E-state index is -0.512. The van der Waals surface area contributed by atoms with Gasteiger partial charge in [-0.3, -0.25) is 4.90 Å². The second kappa shape index (κ2) is 6.42. The molecule has 2 aliphatic rings. The van der Waals surface area contributed by atoms with E-state index in [1.54, 1.807) is 6.07 Å². The van der Waals surface area contributed by atoms with Crippen LogP contribution in [0, 0.1) is 24.1 Å². The van der Waals surface area contributed by atoms with Crippen molar-refractivity contribution in [3.8, 4) is 17.2 Å². The van der Waals surface area contributed by atoms with Gasteiger partial charge < -0.3 is 5.32 Å². The number of nitrogens with zero attached hydrogens (tertiary/aromatic N) is 2. The maximum Gasteiger partial charge on any atom is 0.141 e. The molecule has 128 valence electrons. The molecule has 2 atom stereocenters. The summed E-state index contributed by atoms with van der Waals surface area (Å²) >= 11 is 6.69. The van der Waals surface area contributed by atoms with E-state index in [0.29, 0.717) is 22.7 Å². The summed E-state index contributed by atoms with van der Waals surface area (Å²) in [5.74, 6) is -0.512. The van der Waals surface area contributed by atoms with Crippen molar-refractivity contribution in [2.45, 2.75) is 32.0 Å². The van der Waals surface area contributed by atoms with Crippen LogP contribution in [-0.4, -0.2) is 30.1 Å². The zero-order chi connectivity index (χ0) is 17.6. The standard InChI is InChI=1S/C20H19ClFN3/c1-12-4-15(10-25-11-16-7-17(25)9-24-16)20(21)18(5-12)13-2-3-14(8-23)19(22)6-13/h2-6,16-17,24H,7,9-11H2,1H3/t16-,17-/m0/s1. The maximum atomic E-state index is 14.0. The Hall–Kier alpha value is -1.93. The van der Waals surface area contributed by atoms with Crippen LogP contribution in [0.25, 0.3) is 11.1 Å². The molecule has 2 bridgehead atoms. The fraction of sp³-hybridized carbons (Fsp3) is 0.350. The van der Waals surface area contributed by atoms with Crippen LogP contribution in [0.5, 0.6) is 0 Å². The van der Waals surface area contributed by atoms with Gasteiger partial charge in [-0.15, -0.1) is 0 Å². The number of hydrogen-bond donors (Lipinski definition) is 1. The number of nitriles is 1. The molecule has 2 saturated heterocycles. The van der Waals surface area contributed by atoms with Crippen LogP contribution in [0.4, 0.5) is 4.39 Å². The minimum absolute atomic E-state index is 0.0494. The van der Waals surface area contributed by atoms with Gasteiger partial charge in [0.2, 0.25) is 0 Å². The smallest absolute Gasteiger partial charge is 0.141 e. The van der Waals surface area contributed by atoms with E-state index in [-0.39, 0.29) is 5.56 Å². The molecule has 2 heterocycles. The molecule has 2 aromatic rings. The molecule has 0 amide bonds. The summed E-state index contributed by atoms with van der Waals surface area (Å²) in [4.78, 5) is 2.48. The third-order valence-corrected chi connectivity index (χ3v) is 5.68. The van der Waals surface area contributed by atoms with Crippen molar-refractivity contribution in [3.05, 3.63) is 57.9 Å². The molecule has 4 rings (SSSR count). The van der Waals surface area contributed by atoms with E-state index in [1.807, 2.05) is 19.1 Å². The molecular weight excluding hydrogens is 337 g/mol. The van der Waals surface area contributed by atoms with Crippen molar-refractivity contribution in [2.24, 2.45) is 0 Å². The second-order valence-electron chi connectivity index (χ2n) is 7.02. The summed E-state index contributed by atoms with van der Waals surface area (Å²) in [6.45, 7) is 4.94. The van der Waals surface area contributed by atoms with Gasteiger partial charge in [-0.05, 0) is 42.7 Å². The molecular formula is C20H19ClFN3. The largest absolute Gasteiger partial charge is 0.311 e. The van der Waals surface area contributed by atoms with Crippen molar-refractivity contribution in [1.82, 2.24) is 10.2 Å². The highest BCUT2D eigenvalue weighted by atomic mass is 35.5. The van der Waals surface area contributed by atoms with Crippen LogP contribution in [0.1, 0.15) is 23.1 Å². The summed E-state index contributed by atoms with van der Waals surface area (Å²) in [7, 11) is 0. The molecule has 0 aromatic heterocycles. The lowest BCUT2D eigenvalue weighted by Gasteiger charge is -2.28. The Labute approximate surface area is 152 Å². The molecule has 1 N–H and O–H groups in total. The van der Waals surface area contributed by atoms with E-state index >= 15 is 0 Å². The van der Waals surface area contributed by atoms with Crippen molar-refractivity contribution in [3.63, 3.8) is 0 Å². The van der Waals surface area contributed by atoms with Crippen molar-refractivity contribution in [1.29, 1.82) is 5.26 Å². The quantitative estimate of drug-likeness (QED) is 0.908. The van der Waals surface area contributed by atoms with Gasteiger partial charge in [0.1, 0.15) is 11.9 Å². The highest BCUT2D eigenvalue weighted by molar-refractivity contribution is 6.34. The predicted molar refractivity (Wildman–Crippen MR) is 96.9 cm³/mol. The van der Waals surface area contributed by atoms with E-state index in [2.05, 4.69) is 16.3 Å². The molecule has 0 aliphatic carbocycles. The molecule has 0 radical (unpaired) electrons. The van der Waals surface area contributed by atoms with Gasteiger partial charge in [-0.25, -0.2) is 4.39 Å². The molecule has 3 nitrogen and oxygen atoms in total. The number of aryl methyl sites for hydroxylation is 1. The topological polar surface area (TPSA) is 39.1 Å². The number of halogens is 2. The van der Waals surface area contributed by atoms with Crippen molar-refractivity contribution in [2.75, 3.05) is 13.1 Å². The zero-order valence-electron chi connectivity index (χ0n) is 14.0. The number of benzene rings is 2. The molecule has 2 aromatic carbocycles. The first kappa shape index (κ1) is 16.5. The van der Waals surface area contributed by atoms with E-state index < -0.39 is 5.82 Å². The summed E-state index contributed by atoms with van der Waals surface area (Å²) < 4.78 is 14.0. The summed E-state index contributed by atoms with van der Waals surface area (Å²) in [6.07, 6.45) is 1.21. The Kier molecular flexibility index (Phi) is 4.24. The Morgan fingerprint density at radius 2 is 2.20 bits per heavy atom. The number of rotatable bonds is 3. The molecule has 0 unspecified atom stereocenters. The average Bonchev–Trinajstić information content (AvgIpc) is 3.20. The third kappa shape index (κ3) is 3.04. The van der Waals surface area contributed by atoms with Crippen LogP contribution in [-0.2, 0) is 6.54 Å². The summed E-state index contributed by atoms with van der Waals surface area (Å²) in [6, 6.07) is 11.8. The first-order valence-electron chi connectivity index (χ1n) is 8.51. The monoisotopic (exact) mass is 355 g/mol. The summed E-state index contributed by atoms with van der Waals surface area (Å²) in [5.41, 5.74) is 3.75. The van der Waals surface area contributed by atoms with Gasteiger partial charge in [-0.2, -0.15) is 5.26 Å². The Morgan fingerprint density at radius 1 is 1.36 bits per heavy atom. The van der Waals surface area contributed by atoms with Crippen LogP contribution < -0.4 is 5.32 Å².